The maximum atomic E-state index is 5.65. The summed E-state index contributed by atoms with van der Waals surface area (Å²) in [7, 11) is 0. The van der Waals surface area contributed by atoms with Gasteiger partial charge in [-0.3, -0.25) is 0 Å². The molecule has 1 aliphatic heterocycles. The van der Waals surface area contributed by atoms with Gasteiger partial charge in [-0.15, -0.1) is 6.58 Å². The summed E-state index contributed by atoms with van der Waals surface area (Å²) in [6, 6.07) is 0. The second-order valence-electron chi connectivity index (χ2n) is 4.04. The molecule has 0 amide bonds. The van der Waals surface area contributed by atoms with Gasteiger partial charge in [-0.25, -0.2) is 0 Å². The first-order valence-corrected chi connectivity index (χ1v) is 4.35. The Balaban J connectivity index is 2.52. The van der Waals surface area contributed by atoms with Crippen LogP contribution in [0.2, 0.25) is 0 Å². The van der Waals surface area contributed by atoms with Gasteiger partial charge in [-0.05, 0) is 25.2 Å². The van der Waals surface area contributed by atoms with Crippen LogP contribution in [-0.4, -0.2) is 12.2 Å². The Morgan fingerprint density at radius 2 is 2.27 bits per heavy atom. The Hall–Kier alpha value is -0.300. The van der Waals surface area contributed by atoms with Crippen LogP contribution in [-0.2, 0) is 4.74 Å². The molecular weight excluding hydrogens is 136 g/mol. The molecule has 1 nitrogen and oxygen atoms in total. The smallest absolute Gasteiger partial charge is 0.0835 e. The van der Waals surface area contributed by atoms with E-state index in [1.165, 1.54) is 0 Å². The first-order chi connectivity index (χ1) is 5.07. The molecule has 0 aliphatic carbocycles. The lowest BCUT2D eigenvalue weighted by atomic mass is 9.88. The van der Waals surface area contributed by atoms with Crippen molar-refractivity contribution in [3.63, 3.8) is 0 Å². The van der Waals surface area contributed by atoms with Crippen molar-refractivity contribution in [3.05, 3.63) is 12.7 Å². The molecule has 11 heavy (non-hydrogen) atoms. The quantitative estimate of drug-likeness (QED) is 0.555. The summed E-state index contributed by atoms with van der Waals surface area (Å²) in [4.78, 5) is 0. The van der Waals surface area contributed by atoms with Gasteiger partial charge in [0.25, 0.3) is 0 Å². The molecule has 1 rings (SSSR count). The fourth-order valence-electron chi connectivity index (χ4n) is 1.51. The lowest BCUT2D eigenvalue weighted by Crippen LogP contribution is -2.19. The zero-order valence-electron chi connectivity index (χ0n) is 7.76. The molecule has 1 aliphatic rings. The lowest BCUT2D eigenvalue weighted by molar-refractivity contribution is 0.0580. The standard InChI is InChI=1S/C10H18O/c1-5-10(4)6-9(7-11-10)8(2)3/h5,8-9H,1,6-7H2,2-4H3/t9-,10+/m1/s1. The van der Waals surface area contributed by atoms with Gasteiger partial charge in [-0.1, -0.05) is 19.9 Å². The third-order valence-electron chi connectivity index (χ3n) is 2.67. The number of ether oxygens (including phenoxy) is 1. The average molecular weight is 154 g/mol. The van der Waals surface area contributed by atoms with Crippen LogP contribution in [0.3, 0.4) is 0 Å². The van der Waals surface area contributed by atoms with E-state index in [0.29, 0.717) is 0 Å². The summed E-state index contributed by atoms with van der Waals surface area (Å²) in [5.74, 6) is 1.45. The highest BCUT2D eigenvalue weighted by atomic mass is 16.5. The van der Waals surface area contributed by atoms with Crippen LogP contribution in [0.1, 0.15) is 27.2 Å². The maximum absolute atomic E-state index is 5.65. The van der Waals surface area contributed by atoms with E-state index in [9.17, 15) is 0 Å². The molecule has 2 atom stereocenters. The summed E-state index contributed by atoms with van der Waals surface area (Å²) in [5.41, 5.74) is -0.0467. The molecule has 0 aromatic rings. The molecule has 1 saturated heterocycles. The normalized spacial score (nSPS) is 38.0. The topological polar surface area (TPSA) is 9.23 Å². The van der Waals surface area contributed by atoms with Crippen molar-refractivity contribution in [2.24, 2.45) is 11.8 Å². The Morgan fingerprint density at radius 1 is 1.64 bits per heavy atom. The largest absolute Gasteiger partial charge is 0.371 e. The first-order valence-electron chi connectivity index (χ1n) is 4.35. The van der Waals surface area contributed by atoms with Gasteiger partial charge in [0.2, 0.25) is 0 Å². The van der Waals surface area contributed by atoms with E-state index in [4.69, 9.17) is 4.74 Å². The third kappa shape index (κ3) is 1.84. The third-order valence-corrected chi connectivity index (χ3v) is 2.67. The minimum absolute atomic E-state index is 0.0467. The van der Waals surface area contributed by atoms with Gasteiger partial charge >= 0.3 is 0 Å². The average Bonchev–Trinajstić information content (AvgIpc) is 2.33. The summed E-state index contributed by atoms with van der Waals surface area (Å²) in [6.07, 6.45) is 3.06. The number of rotatable bonds is 2. The van der Waals surface area contributed by atoms with Gasteiger partial charge in [0.1, 0.15) is 0 Å². The summed E-state index contributed by atoms with van der Waals surface area (Å²) in [5, 5.41) is 0. The molecule has 0 aromatic heterocycles. The minimum Gasteiger partial charge on any atom is -0.371 e. The molecule has 1 heteroatoms. The van der Waals surface area contributed by atoms with E-state index < -0.39 is 0 Å². The van der Waals surface area contributed by atoms with Crippen molar-refractivity contribution in [2.75, 3.05) is 6.61 Å². The van der Waals surface area contributed by atoms with Crippen molar-refractivity contribution >= 4 is 0 Å². The highest BCUT2D eigenvalue weighted by Gasteiger charge is 2.34. The first kappa shape index (κ1) is 8.79. The van der Waals surface area contributed by atoms with Gasteiger partial charge in [0.05, 0.1) is 12.2 Å². The van der Waals surface area contributed by atoms with Gasteiger partial charge in [-0.2, -0.15) is 0 Å². The number of hydrogen-bond acceptors (Lipinski definition) is 1. The van der Waals surface area contributed by atoms with E-state index in [-0.39, 0.29) is 5.60 Å². The highest BCUT2D eigenvalue weighted by molar-refractivity contribution is 4.99. The molecule has 0 saturated carbocycles. The monoisotopic (exact) mass is 154 g/mol. The molecule has 0 spiro atoms. The van der Waals surface area contributed by atoms with E-state index in [0.717, 1.165) is 24.9 Å². The van der Waals surface area contributed by atoms with Crippen molar-refractivity contribution in [1.29, 1.82) is 0 Å². The molecule has 64 valence electrons. The Morgan fingerprint density at radius 3 is 2.55 bits per heavy atom. The van der Waals surface area contributed by atoms with Crippen LogP contribution < -0.4 is 0 Å². The van der Waals surface area contributed by atoms with Crippen LogP contribution in [0.5, 0.6) is 0 Å². The van der Waals surface area contributed by atoms with E-state index >= 15 is 0 Å². The van der Waals surface area contributed by atoms with Crippen LogP contribution in [0.15, 0.2) is 12.7 Å². The van der Waals surface area contributed by atoms with E-state index in [2.05, 4.69) is 27.4 Å². The zero-order chi connectivity index (χ0) is 8.48. The minimum atomic E-state index is -0.0467. The molecule has 0 aromatic carbocycles. The molecule has 0 radical (unpaired) electrons. The lowest BCUT2D eigenvalue weighted by Gasteiger charge is -2.18. The molecule has 1 fully saturated rings. The molecule has 0 unspecified atom stereocenters. The van der Waals surface area contributed by atoms with Crippen molar-refractivity contribution in [1.82, 2.24) is 0 Å². The fraction of sp³-hybridized carbons (Fsp3) is 0.800. The Kier molecular flexibility index (Phi) is 2.38. The summed E-state index contributed by atoms with van der Waals surface area (Å²) >= 11 is 0. The van der Waals surface area contributed by atoms with Crippen LogP contribution in [0.25, 0.3) is 0 Å². The molecular formula is C10H18O. The maximum Gasteiger partial charge on any atom is 0.0835 e. The highest BCUT2D eigenvalue weighted by Crippen LogP contribution is 2.34. The van der Waals surface area contributed by atoms with Crippen molar-refractivity contribution in [2.45, 2.75) is 32.8 Å². The van der Waals surface area contributed by atoms with Crippen molar-refractivity contribution < 1.29 is 4.74 Å². The second kappa shape index (κ2) is 2.98. The van der Waals surface area contributed by atoms with Crippen LogP contribution >= 0.6 is 0 Å². The van der Waals surface area contributed by atoms with Crippen LogP contribution in [0, 0.1) is 11.8 Å². The zero-order valence-corrected chi connectivity index (χ0v) is 7.76. The van der Waals surface area contributed by atoms with Gasteiger partial charge in [0.15, 0.2) is 0 Å². The van der Waals surface area contributed by atoms with Crippen LogP contribution in [0.4, 0.5) is 0 Å². The predicted octanol–water partition coefficient (Wildman–Crippen LogP) is 2.62. The molecule has 0 bridgehead atoms. The SMILES string of the molecule is C=C[C@@]1(C)C[C@@H](C(C)C)CO1. The number of hydrogen-bond donors (Lipinski definition) is 0. The molecule has 1 heterocycles. The molecule has 0 N–H and O–H groups in total. The predicted molar refractivity (Wildman–Crippen MR) is 47.5 cm³/mol. The van der Waals surface area contributed by atoms with Crippen molar-refractivity contribution in [3.8, 4) is 0 Å². The van der Waals surface area contributed by atoms with Gasteiger partial charge in [0, 0.05) is 0 Å². The summed E-state index contributed by atoms with van der Waals surface area (Å²) < 4.78 is 5.65. The van der Waals surface area contributed by atoms with E-state index in [1.807, 2.05) is 6.08 Å². The van der Waals surface area contributed by atoms with Gasteiger partial charge < -0.3 is 4.74 Å². The Labute approximate surface area is 69.4 Å². The summed E-state index contributed by atoms with van der Waals surface area (Å²) in [6.45, 7) is 11.3. The Bertz CT molecular complexity index is 151. The fourth-order valence-corrected chi connectivity index (χ4v) is 1.51. The van der Waals surface area contributed by atoms with E-state index in [1.54, 1.807) is 0 Å². The second-order valence-corrected chi connectivity index (χ2v) is 4.04.